The van der Waals surface area contributed by atoms with Gasteiger partial charge in [-0.25, -0.2) is 22.8 Å². The van der Waals surface area contributed by atoms with Crippen molar-refractivity contribution in [3.05, 3.63) is 264 Å². The van der Waals surface area contributed by atoms with Crippen LogP contribution in [0.3, 0.4) is 0 Å². The average molecular weight is 2270 g/mol. The number of carboxylic acids is 1. The predicted molar refractivity (Wildman–Crippen MR) is 537 cm³/mol. The maximum atomic E-state index is 13.5. The zero-order valence-electron chi connectivity index (χ0n) is 84.2. The number of carboxylic acid groups (broad SMARTS) is 1. The van der Waals surface area contributed by atoms with Gasteiger partial charge in [0.15, 0.2) is 0 Å². The Hall–Kier alpha value is -10.5. The first-order valence-corrected chi connectivity index (χ1v) is 47.4. The monoisotopic (exact) mass is 2260 g/mol. The largest absolute Gasteiger partial charge is 1.00 e. The number of ether oxygens (including phenoxy) is 7. The average Bonchev–Trinajstić information content (AvgIpc) is 1.39. The van der Waals surface area contributed by atoms with Crippen molar-refractivity contribution in [2.45, 2.75) is 182 Å². The van der Waals surface area contributed by atoms with Crippen LogP contribution in [0.1, 0.15) is 167 Å². The molecule has 0 bridgehead atoms. The number of phenolic OH excluding ortho intramolecular Hbond substituents is 3. The number of rotatable bonds is 38. The molecule has 0 radical (unpaired) electrons. The van der Waals surface area contributed by atoms with Crippen LogP contribution >= 0.6 is 62.3 Å². The Kier molecular flexibility index (Phi) is 61.6. The molecule has 19 N–H and O–H groups in total. The fourth-order valence-corrected chi connectivity index (χ4v) is 13.1. The van der Waals surface area contributed by atoms with E-state index in [-0.39, 0.29) is 239 Å². The molecule has 9 aromatic rings. The fraction of sp³-hybridized carbons (Fsp3) is 0.347. The molecular weight excluding hydrogens is 2150 g/mol. The van der Waals surface area contributed by atoms with Crippen LogP contribution in [0, 0.1) is 40.9 Å². The van der Waals surface area contributed by atoms with E-state index in [1.807, 2.05) is 65.8 Å². The number of aromatic hydroxyl groups is 3. The summed E-state index contributed by atoms with van der Waals surface area (Å²) in [5.41, 5.74) is 28.2. The minimum atomic E-state index is -2.35. The maximum Gasteiger partial charge on any atom is 1.00 e. The number of esters is 2. The summed E-state index contributed by atoms with van der Waals surface area (Å²) in [5, 5.41) is 60.4. The van der Waals surface area contributed by atoms with Gasteiger partial charge in [0.2, 0.25) is 64.4 Å². The van der Waals surface area contributed by atoms with Crippen LogP contribution in [-0.2, 0) is 73.7 Å². The van der Waals surface area contributed by atoms with Crippen molar-refractivity contribution in [2.75, 3.05) is 31.6 Å². The van der Waals surface area contributed by atoms with Gasteiger partial charge >= 0.3 is 121 Å². The number of halogens is 10. The molecule has 2 saturated carbocycles. The van der Waals surface area contributed by atoms with Crippen LogP contribution in [-0.4, -0.2) is 178 Å². The Morgan fingerprint density at radius 2 is 0.757 bits per heavy atom. The number of alkyl halides is 1. The molecule has 0 unspecified atom stereocenters. The van der Waals surface area contributed by atoms with Gasteiger partial charge in [-0.05, 0) is 264 Å². The SMILES string of the molecule is BrCC1CC1.CC(C)(C)OC(=O)[C@@H](N)Cc1ccc(O)cc1.CC(C)Oc1ccc(C(=O)N[C@@H](Cc2ccc(O)cc2)C(=O)NCC(N)=O)cc1Cl.CC(C)Oc1ccc(C(=O)N[C@@H](Cc2ccc(O)cc2)C(=O)O)cc1Cl.CC(C)Oc1ccc(C(=O)N[C@@H](Cc2ccc(OCC3CC3)cc2)C(=O)NCC(N)=O)cc1Cl.CC(C)Oc1ccc(C(=O)Oc2c(F)c(F)c(F)c(F)c2F)cc1Cl.NCC(N)=O.O=CO[O-].[H-].[K+].[K+]. The van der Waals surface area contributed by atoms with Crippen LogP contribution in [0.25, 0.3) is 0 Å². The molecule has 35 nitrogen and oxygen atoms in total. The van der Waals surface area contributed by atoms with E-state index in [4.69, 9.17) is 113 Å². The summed E-state index contributed by atoms with van der Waals surface area (Å²) in [6.45, 7) is 19.9. The smallest absolute Gasteiger partial charge is 1.00 e. The number of amides is 8. The normalized spacial score (nSPS) is 12.1. The summed E-state index contributed by atoms with van der Waals surface area (Å²) < 4.78 is 103. The number of benzene rings is 9. The summed E-state index contributed by atoms with van der Waals surface area (Å²) in [4.78, 5) is 141. The van der Waals surface area contributed by atoms with E-state index in [9.17, 15) is 90.0 Å². The van der Waals surface area contributed by atoms with Gasteiger partial charge in [-0.15, -0.1) is 0 Å². The van der Waals surface area contributed by atoms with E-state index in [1.54, 1.807) is 107 Å². The second kappa shape index (κ2) is 68.3. The van der Waals surface area contributed by atoms with Gasteiger partial charge in [0, 0.05) is 41.3 Å². The molecule has 4 atom stereocenters. The summed E-state index contributed by atoms with van der Waals surface area (Å²) in [6, 6.07) is 39.9. The molecular formula is C101H118BrCl4F5K2N10O25. The minimum Gasteiger partial charge on any atom is -1.00 e. The first-order chi connectivity index (χ1) is 68.6. The van der Waals surface area contributed by atoms with E-state index in [0.717, 1.165) is 34.9 Å². The van der Waals surface area contributed by atoms with Gasteiger partial charge in [0.05, 0.1) is 76.3 Å². The first-order valence-electron chi connectivity index (χ1n) is 44.8. The van der Waals surface area contributed by atoms with Gasteiger partial charge in [-0.2, -0.15) is 8.78 Å². The Morgan fingerprint density at radius 3 is 1.03 bits per heavy atom. The van der Waals surface area contributed by atoms with Gasteiger partial charge in [-0.3, -0.25) is 47.9 Å². The Morgan fingerprint density at radius 1 is 0.466 bits per heavy atom. The molecule has 0 heterocycles. The van der Waals surface area contributed by atoms with E-state index >= 15 is 0 Å². The van der Waals surface area contributed by atoms with Crippen molar-refractivity contribution in [3.8, 4) is 51.7 Å². The van der Waals surface area contributed by atoms with Crippen molar-refractivity contribution in [3.63, 3.8) is 0 Å². The number of phenols is 3. The number of nitrogens with one attached hydrogen (secondary N) is 5. The quantitative estimate of drug-likeness (QED) is 0.00172. The number of aliphatic carboxylic acids is 1. The predicted octanol–water partition coefficient (Wildman–Crippen LogP) is 7.32. The van der Waals surface area contributed by atoms with Crippen molar-refractivity contribution < 1.29 is 247 Å². The van der Waals surface area contributed by atoms with Crippen LogP contribution in [0.15, 0.2) is 170 Å². The number of hydrogen-bond acceptors (Lipinski definition) is 26. The molecule has 794 valence electrons. The van der Waals surface area contributed by atoms with Crippen LogP contribution < -0.4 is 192 Å². The summed E-state index contributed by atoms with van der Waals surface area (Å²) >= 11 is 27.8. The number of nitrogens with two attached hydrogens (primary N) is 5. The van der Waals surface area contributed by atoms with Crippen molar-refractivity contribution >= 4 is 134 Å². The Balaban J connectivity index is 0.000000905. The van der Waals surface area contributed by atoms with E-state index in [2.05, 4.69) is 57.9 Å². The van der Waals surface area contributed by atoms with E-state index in [1.165, 1.54) is 91.7 Å². The third kappa shape index (κ3) is 52.3. The number of carbonyl (C=O) groups excluding carboxylic acids is 11. The van der Waals surface area contributed by atoms with E-state index < -0.39 is 130 Å². The molecule has 2 fully saturated rings. The third-order valence-electron chi connectivity index (χ3n) is 18.8. The number of carbonyl (C=O) groups is 12. The third-order valence-corrected chi connectivity index (χ3v) is 20.9. The van der Waals surface area contributed by atoms with Crippen molar-refractivity contribution in [1.29, 1.82) is 0 Å². The van der Waals surface area contributed by atoms with Gasteiger partial charge in [0.25, 0.3) is 24.2 Å². The molecule has 148 heavy (non-hydrogen) atoms. The number of hydrogen-bond donors (Lipinski definition) is 14. The molecule has 8 amide bonds. The summed E-state index contributed by atoms with van der Waals surface area (Å²) in [7, 11) is 0. The Labute approximate surface area is 967 Å². The molecule has 0 saturated heterocycles. The number of primary amides is 3. The van der Waals surface area contributed by atoms with Gasteiger partial charge in [0.1, 0.15) is 75.8 Å². The zero-order chi connectivity index (χ0) is 110. The Bertz CT molecular complexity index is 5830. The summed E-state index contributed by atoms with van der Waals surface area (Å²) in [6.07, 6.45) is 5.76. The van der Waals surface area contributed by atoms with Gasteiger partial charge < -0.3 is 120 Å². The fourth-order valence-electron chi connectivity index (χ4n) is 11.5. The molecule has 0 aromatic heterocycles. The van der Waals surface area contributed by atoms with Crippen LogP contribution in [0.5, 0.6) is 51.7 Å². The second-order valence-electron chi connectivity index (χ2n) is 34.1. The first kappa shape index (κ1) is 134. The molecule has 47 heteroatoms. The molecule has 0 spiro atoms. The van der Waals surface area contributed by atoms with E-state index in [0.29, 0.717) is 47.3 Å². The van der Waals surface area contributed by atoms with Crippen molar-refractivity contribution in [1.82, 2.24) is 26.6 Å². The second-order valence-corrected chi connectivity index (χ2v) is 36.4. The molecule has 9 aromatic carbocycles. The van der Waals surface area contributed by atoms with Crippen LogP contribution in [0.2, 0.25) is 20.1 Å². The maximum absolute atomic E-state index is 13.5. The standard InChI is InChI=1S/C25H30ClN3O5.C21H24ClN3O5.C19H20ClNO5.C16H10ClF5O3.C13H19NO3.C4H7Br.C2H6N2O.CH2O3.2K.H/c1-15(2)34-22-10-7-18(12-20(22)26)24(31)29-21(25(32)28-13-23(27)30)11-16-5-8-19(9-6-16)33-14-17-3-4-17;1-12(2)30-18-8-5-14(10-16(18)22)20(28)25-17(21(29)24-11-19(23)27)9-13-3-6-15(26)7-4-13;1-11(2)26-17-8-5-13(10-15(17)20)18(23)21-16(19(24)25)9-12-3-6-14(22)7-4-12;1-6(2)24-9-4-3-7(5-8(9)17)16(23)25-15-13(21)11(19)10(18)12(20)14(15)22;1-13(2,3)17-12(16)11(14)8-9-4-6-10(15)7-5-9;5-3-4-1-2-4;3-1-2(4)5;2-1-4-3;;;/h5-10,12,15,17,21H,3-4,11,13-14H2,1-2H3,(H2,27,30)(H,28,32)(H,29,31);3-8,10,12,17,26H,9,11H2,1-2H3,(H2,23,27)(H,24,29)(H,25,28);3-8,10-11,16,22H,9H2,1-2H3,(H,21,23)(H,24,25);3-6H,1-2H3;4-7,11,15H,8,14H2,1-3H3;4H,1-3H2;1,3H2,(H2,4,5);1,3H;;;/q;;;;;;;;2*+1;-1/p-1/t21-;17-;16-;;11-;;;;;;/m000.0....../s1. The zero-order valence-corrected chi connectivity index (χ0v) is 94.1. The molecule has 2 aliphatic rings. The van der Waals surface area contributed by atoms with Crippen LogP contribution in [0.4, 0.5) is 22.0 Å². The molecule has 0 aliphatic heterocycles. The van der Waals surface area contributed by atoms with Gasteiger partial charge in [-0.1, -0.05) is 111 Å². The minimum absolute atomic E-state index is 0. The molecule has 2 aliphatic carbocycles. The summed E-state index contributed by atoms with van der Waals surface area (Å²) in [5.74, 6) is -16.0. The van der Waals surface area contributed by atoms with Crippen molar-refractivity contribution in [2.24, 2.45) is 40.5 Å². The molecule has 11 rings (SSSR count). The topological polar surface area (TPSA) is 573 Å².